The van der Waals surface area contributed by atoms with Gasteiger partial charge in [0.2, 0.25) is 0 Å². The maximum Gasteiger partial charge on any atom is 0.162 e. The van der Waals surface area contributed by atoms with Crippen molar-refractivity contribution < 1.29 is 14.6 Å². The van der Waals surface area contributed by atoms with Gasteiger partial charge in [-0.05, 0) is 23.8 Å². The molecule has 0 unspecified atom stereocenters. The van der Waals surface area contributed by atoms with Crippen molar-refractivity contribution in [1.29, 1.82) is 0 Å². The van der Waals surface area contributed by atoms with E-state index in [2.05, 4.69) is 4.98 Å². The van der Waals surface area contributed by atoms with E-state index in [-0.39, 0.29) is 6.61 Å². The first kappa shape index (κ1) is 13.6. The van der Waals surface area contributed by atoms with Crippen molar-refractivity contribution >= 4 is 11.6 Å². The van der Waals surface area contributed by atoms with Crippen LogP contribution in [0, 0.1) is 0 Å². The number of aliphatic hydroxyl groups excluding tert-OH is 1. The minimum Gasteiger partial charge on any atom is -0.493 e. The quantitative estimate of drug-likeness (QED) is 0.914. The zero-order valence-electron chi connectivity index (χ0n) is 10.5. The summed E-state index contributed by atoms with van der Waals surface area (Å²) < 4.78 is 10.9. The molecular weight excluding hydrogens is 266 g/mol. The normalized spacial score (nSPS) is 10.3. The summed E-state index contributed by atoms with van der Waals surface area (Å²) in [4.78, 5) is 3.92. The molecule has 0 bridgehead atoms. The monoisotopic (exact) mass is 279 g/mol. The molecule has 0 spiro atoms. The van der Waals surface area contributed by atoms with Crippen LogP contribution >= 0.6 is 11.6 Å². The van der Waals surface area contributed by atoms with Gasteiger partial charge in [-0.15, -0.1) is 0 Å². The average molecular weight is 280 g/mol. The van der Waals surface area contributed by atoms with Crippen LogP contribution in [0.25, 0.3) is 0 Å². The second-order valence-electron chi connectivity index (χ2n) is 3.90. The number of rotatable bonds is 5. The molecule has 1 heterocycles. The van der Waals surface area contributed by atoms with E-state index < -0.39 is 0 Å². The van der Waals surface area contributed by atoms with Crippen LogP contribution in [0.1, 0.15) is 11.1 Å². The highest BCUT2D eigenvalue weighted by molar-refractivity contribution is 6.31. The van der Waals surface area contributed by atoms with E-state index in [9.17, 15) is 0 Å². The molecule has 1 aromatic heterocycles. The molecule has 1 N–H and O–H groups in total. The minimum absolute atomic E-state index is 0.0453. The predicted octanol–water partition coefficient (Wildman–Crippen LogP) is 2.81. The van der Waals surface area contributed by atoms with Crippen LogP contribution in [0.5, 0.6) is 11.5 Å². The number of hydrogen-bond donors (Lipinski definition) is 1. The zero-order chi connectivity index (χ0) is 13.7. The van der Waals surface area contributed by atoms with Crippen LogP contribution in [0.4, 0.5) is 0 Å². The Balaban J connectivity index is 2.16. The van der Waals surface area contributed by atoms with Gasteiger partial charge in [0.05, 0.1) is 18.7 Å². The third kappa shape index (κ3) is 3.36. The molecule has 0 atom stereocenters. The van der Waals surface area contributed by atoms with Crippen LogP contribution in [0.3, 0.4) is 0 Å². The number of aliphatic hydroxyl groups is 1. The average Bonchev–Trinajstić information content (AvgIpc) is 2.46. The maximum atomic E-state index is 9.13. The van der Waals surface area contributed by atoms with E-state index in [4.69, 9.17) is 26.2 Å². The fourth-order valence-electron chi connectivity index (χ4n) is 1.61. The molecule has 2 aromatic rings. The van der Waals surface area contributed by atoms with Crippen LogP contribution in [0.15, 0.2) is 36.7 Å². The largest absolute Gasteiger partial charge is 0.493 e. The first-order valence-corrected chi connectivity index (χ1v) is 6.11. The number of methoxy groups -OCH3 is 1. The molecule has 0 saturated carbocycles. The summed E-state index contributed by atoms with van der Waals surface area (Å²) in [5.74, 6) is 1.18. The standard InChI is InChI=1S/C14H14ClNO3/c1-18-13-3-2-10(8-17)6-14(13)19-9-11-4-5-16-7-12(11)15/h2-7,17H,8-9H2,1H3. The van der Waals surface area contributed by atoms with Gasteiger partial charge in [-0.3, -0.25) is 4.98 Å². The summed E-state index contributed by atoms with van der Waals surface area (Å²) in [6.45, 7) is 0.267. The van der Waals surface area contributed by atoms with Gasteiger partial charge in [0.15, 0.2) is 11.5 Å². The molecule has 1 aromatic carbocycles. The van der Waals surface area contributed by atoms with Crippen molar-refractivity contribution in [3.05, 3.63) is 52.8 Å². The molecule has 0 aliphatic heterocycles. The van der Waals surface area contributed by atoms with Crippen LogP contribution in [0.2, 0.25) is 5.02 Å². The third-order valence-corrected chi connectivity index (χ3v) is 2.99. The molecule has 0 radical (unpaired) electrons. The summed E-state index contributed by atoms with van der Waals surface area (Å²) in [5, 5.41) is 9.68. The fraction of sp³-hybridized carbons (Fsp3) is 0.214. The first-order chi connectivity index (χ1) is 9.24. The SMILES string of the molecule is COc1ccc(CO)cc1OCc1ccncc1Cl. The number of aromatic nitrogens is 1. The zero-order valence-corrected chi connectivity index (χ0v) is 11.2. The minimum atomic E-state index is -0.0453. The Morgan fingerprint density at radius 1 is 1.26 bits per heavy atom. The van der Waals surface area contributed by atoms with E-state index in [0.29, 0.717) is 23.1 Å². The second-order valence-corrected chi connectivity index (χ2v) is 4.31. The molecule has 0 amide bonds. The highest BCUT2D eigenvalue weighted by Gasteiger charge is 2.07. The third-order valence-electron chi connectivity index (χ3n) is 2.65. The molecule has 100 valence electrons. The van der Waals surface area contributed by atoms with Gasteiger partial charge in [-0.2, -0.15) is 0 Å². The molecule has 2 rings (SSSR count). The van der Waals surface area contributed by atoms with Crippen molar-refractivity contribution in [2.24, 2.45) is 0 Å². The smallest absolute Gasteiger partial charge is 0.162 e. The Labute approximate surface area is 116 Å². The van der Waals surface area contributed by atoms with Crippen molar-refractivity contribution in [2.45, 2.75) is 13.2 Å². The van der Waals surface area contributed by atoms with Gasteiger partial charge < -0.3 is 14.6 Å². The molecule has 4 nitrogen and oxygen atoms in total. The fourth-order valence-corrected chi connectivity index (χ4v) is 1.78. The van der Waals surface area contributed by atoms with Crippen LogP contribution < -0.4 is 9.47 Å². The Bertz CT molecular complexity index is 560. The molecule has 0 aliphatic carbocycles. The number of nitrogens with zero attached hydrogens (tertiary/aromatic N) is 1. The van der Waals surface area contributed by atoms with Gasteiger partial charge in [0.25, 0.3) is 0 Å². The lowest BCUT2D eigenvalue weighted by molar-refractivity contribution is 0.271. The van der Waals surface area contributed by atoms with Gasteiger partial charge in [-0.25, -0.2) is 0 Å². The highest BCUT2D eigenvalue weighted by Crippen LogP contribution is 2.29. The molecule has 19 heavy (non-hydrogen) atoms. The van der Waals surface area contributed by atoms with Crippen molar-refractivity contribution in [2.75, 3.05) is 7.11 Å². The van der Waals surface area contributed by atoms with Gasteiger partial charge in [0.1, 0.15) is 6.61 Å². The van der Waals surface area contributed by atoms with Gasteiger partial charge in [-0.1, -0.05) is 17.7 Å². The van der Waals surface area contributed by atoms with E-state index in [0.717, 1.165) is 11.1 Å². The molecule has 0 aliphatic rings. The second kappa shape index (κ2) is 6.41. The van der Waals surface area contributed by atoms with E-state index in [1.54, 1.807) is 43.8 Å². The summed E-state index contributed by atoms with van der Waals surface area (Å²) >= 11 is 6.01. The number of benzene rings is 1. The van der Waals surface area contributed by atoms with Gasteiger partial charge >= 0.3 is 0 Å². The Morgan fingerprint density at radius 2 is 2.11 bits per heavy atom. The van der Waals surface area contributed by atoms with Crippen LogP contribution in [-0.4, -0.2) is 17.2 Å². The van der Waals surface area contributed by atoms with Crippen molar-refractivity contribution in [3.8, 4) is 11.5 Å². The van der Waals surface area contributed by atoms with Crippen LogP contribution in [-0.2, 0) is 13.2 Å². The highest BCUT2D eigenvalue weighted by atomic mass is 35.5. The molecule has 0 saturated heterocycles. The molecule has 5 heteroatoms. The number of ether oxygens (including phenoxy) is 2. The molecular formula is C14H14ClNO3. The van der Waals surface area contributed by atoms with E-state index >= 15 is 0 Å². The number of hydrogen-bond acceptors (Lipinski definition) is 4. The van der Waals surface area contributed by atoms with Crippen molar-refractivity contribution in [3.63, 3.8) is 0 Å². The maximum absolute atomic E-state index is 9.13. The lowest BCUT2D eigenvalue weighted by Crippen LogP contribution is -1.99. The Kier molecular flexibility index (Phi) is 4.60. The summed E-state index contributed by atoms with van der Waals surface area (Å²) in [6, 6.07) is 7.08. The summed E-state index contributed by atoms with van der Waals surface area (Å²) in [5.41, 5.74) is 1.60. The topological polar surface area (TPSA) is 51.6 Å². The lowest BCUT2D eigenvalue weighted by Gasteiger charge is -2.12. The Morgan fingerprint density at radius 3 is 2.79 bits per heavy atom. The van der Waals surface area contributed by atoms with E-state index in [1.807, 2.05) is 0 Å². The molecule has 0 fully saturated rings. The Hall–Kier alpha value is -1.78. The van der Waals surface area contributed by atoms with Crippen molar-refractivity contribution in [1.82, 2.24) is 4.98 Å². The summed E-state index contributed by atoms with van der Waals surface area (Å²) in [6.07, 6.45) is 3.23. The number of halogens is 1. The van der Waals surface area contributed by atoms with Gasteiger partial charge in [0, 0.05) is 18.0 Å². The predicted molar refractivity (Wildman–Crippen MR) is 72.5 cm³/mol. The van der Waals surface area contributed by atoms with E-state index in [1.165, 1.54) is 0 Å². The summed E-state index contributed by atoms with van der Waals surface area (Å²) in [7, 11) is 1.57. The number of pyridine rings is 1. The lowest BCUT2D eigenvalue weighted by atomic mass is 10.2. The first-order valence-electron chi connectivity index (χ1n) is 5.73.